The molecule has 0 saturated heterocycles. The molecule has 0 unspecified atom stereocenters. The number of hydrogen-bond acceptors (Lipinski definition) is 4. The SMILES string of the molecule is CCOC(=O)Cc1c(C)c(-c2ccc(C(F)(F)F)cc2CN(CC)C(=O)C2CC2)c2c(C)nccn12. The Morgan fingerprint density at radius 1 is 1.19 bits per heavy atom. The van der Waals surface area contributed by atoms with Crippen molar-refractivity contribution in [2.24, 2.45) is 5.92 Å². The number of rotatable bonds is 8. The van der Waals surface area contributed by atoms with E-state index in [1.54, 1.807) is 24.2 Å². The molecule has 0 aliphatic heterocycles. The van der Waals surface area contributed by atoms with Crippen molar-refractivity contribution < 1.29 is 27.5 Å². The smallest absolute Gasteiger partial charge is 0.416 e. The summed E-state index contributed by atoms with van der Waals surface area (Å²) in [4.78, 5) is 31.2. The van der Waals surface area contributed by atoms with Crippen LogP contribution in [0.3, 0.4) is 0 Å². The van der Waals surface area contributed by atoms with Gasteiger partial charge >= 0.3 is 12.1 Å². The van der Waals surface area contributed by atoms with Crippen molar-refractivity contribution in [1.29, 1.82) is 0 Å². The van der Waals surface area contributed by atoms with Gasteiger partial charge in [-0.1, -0.05) is 6.07 Å². The van der Waals surface area contributed by atoms with Crippen LogP contribution in [0.25, 0.3) is 16.6 Å². The van der Waals surface area contributed by atoms with E-state index in [-0.39, 0.29) is 37.4 Å². The van der Waals surface area contributed by atoms with Gasteiger partial charge in [0, 0.05) is 42.7 Å². The molecule has 192 valence electrons. The molecule has 1 fully saturated rings. The number of fused-ring (bicyclic) bond motifs is 1. The second-order valence-corrected chi connectivity index (χ2v) is 9.16. The number of esters is 1. The van der Waals surface area contributed by atoms with Gasteiger partial charge in [-0.2, -0.15) is 13.2 Å². The molecule has 0 radical (unpaired) electrons. The molecule has 0 bridgehead atoms. The van der Waals surface area contributed by atoms with Gasteiger partial charge in [0.2, 0.25) is 5.91 Å². The third-order valence-corrected chi connectivity index (χ3v) is 6.70. The zero-order valence-corrected chi connectivity index (χ0v) is 20.9. The predicted molar refractivity (Wildman–Crippen MR) is 129 cm³/mol. The van der Waals surface area contributed by atoms with Crippen molar-refractivity contribution in [3.63, 3.8) is 0 Å². The quantitative estimate of drug-likeness (QED) is 0.383. The normalized spacial score (nSPS) is 13.8. The Morgan fingerprint density at radius 2 is 1.92 bits per heavy atom. The number of amides is 1. The first-order valence-electron chi connectivity index (χ1n) is 12.2. The summed E-state index contributed by atoms with van der Waals surface area (Å²) in [6, 6.07) is 3.67. The molecule has 3 aromatic rings. The number of benzene rings is 1. The maximum atomic E-state index is 13.7. The van der Waals surface area contributed by atoms with E-state index in [0.717, 1.165) is 30.5 Å². The van der Waals surface area contributed by atoms with Gasteiger partial charge < -0.3 is 14.0 Å². The van der Waals surface area contributed by atoms with Gasteiger partial charge in [0.25, 0.3) is 0 Å². The highest BCUT2D eigenvalue weighted by Crippen LogP contribution is 2.40. The minimum absolute atomic E-state index is 0.0154. The lowest BCUT2D eigenvalue weighted by Gasteiger charge is -2.24. The minimum atomic E-state index is -4.52. The molecule has 2 aromatic heterocycles. The molecule has 1 aliphatic carbocycles. The summed E-state index contributed by atoms with van der Waals surface area (Å²) in [6.45, 7) is 7.95. The van der Waals surface area contributed by atoms with Crippen molar-refractivity contribution in [3.8, 4) is 11.1 Å². The Hall–Kier alpha value is -3.36. The van der Waals surface area contributed by atoms with Crippen molar-refractivity contribution >= 4 is 17.4 Å². The molecular weight excluding hydrogens is 471 g/mol. The average molecular weight is 502 g/mol. The molecule has 9 heteroatoms. The summed E-state index contributed by atoms with van der Waals surface area (Å²) >= 11 is 0. The summed E-state index contributed by atoms with van der Waals surface area (Å²) < 4.78 is 48.1. The molecule has 0 N–H and O–H groups in total. The first-order valence-corrected chi connectivity index (χ1v) is 12.2. The Morgan fingerprint density at radius 3 is 2.53 bits per heavy atom. The summed E-state index contributed by atoms with van der Waals surface area (Å²) in [6.07, 6.45) is 0.496. The second-order valence-electron chi connectivity index (χ2n) is 9.16. The van der Waals surface area contributed by atoms with Crippen LogP contribution in [0.4, 0.5) is 13.2 Å². The maximum Gasteiger partial charge on any atom is 0.416 e. The van der Waals surface area contributed by atoms with E-state index in [4.69, 9.17) is 4.74 Å². The third-order valence-electron chi connectivity index (χ3n) is 6.70. The first kappa shape index (κ1) is 25.7. The van der Waals surface area contributed by atoms with Gasteiger partial charge in [-0.25, -0.2) is 0 Å². The zero-order chi connectivity index (χ0) is 26.2. The third kappa shape index (κ3) is 4.96. The fourth-order valence-corrected chi connectivity index (χ4v) is 4.73. The molecule has 1 saturated carbocycles. The summed E-state index contributed by atoms with van der Waals surface area (Å²) in [5.74, 6) is -0.458. The lowest BCUT2D eigenvalue weighted by molar-refractivity contribution is -0.142. The van der Waals surface area contributed by atoms with Crippen molar-refractivity contribution in [2.45, 2.75) is 59.7 Å². The number of ether oxygens (including phenoxy) is 1. The van der Waals surface area contributed by atoms with E-state index in [1.807, 2.05) is 25.2 Å². The number of carbonyl (C=O) groups excluding carboxylic acids is 2. The van der Waals surface area contributed by atoms with Crippen molar-refractivity contribution in [1.82, 2.24) is 14.3 Å². The fraction of sp³-hybridized carbons (Fsp3) is 0.444. The largest absolute Gasteiger partial charge is 0.466 e. The number of aryl methyl sites for hydroxylation is 1. The molecule has 0 atom stereocenters. The number of nitrogens with zero attached hydrogens (tertiary/aromatic N) is 3. The highest BCUT2D eigenvalue weighted by Gasteiger charge is 2.35. The fourth-order valence-electron chi connectivity index (χ4n) is 4.73. The highest BCUT2D eigenvalue weighted by atomic mass is 19.4. The minimum Gasteiger partial charge on any atom is -0.466 e. The van der Waals surface area contributed by atoms with E-state index in [0.29, 0.717) is 40.1 Å². The number of alkyl halides is 3. The number of aromatic nitrogens is 2. The van der Waals surface area contributed by atoms with Crippen LogP contribution in [0.5, 0.6) is 0 Å². The van der Waals surface area contributed by atoms with Gasteiger partial charge in [0.1, 0.15) is 0 Å². The molecular formula is C27H30F3N3O3. The Labute approximate surface area is 208 Å². The predicted octanol–water partition coefficient (Wildman–Crippen LogP) is 5.50. The van der Waals surface area contributed by atoms with Gasteiger partial charge in [-0.05, 0) is 69.4 Å². The molecule has 1 amide bonds. The van der Waals surface area contributed by atoms with Crippen LogP contribution in [0.15, 0.2) is 30.6 Å². The first-order chi connectivity index (χ1) is 17.1. The lowest BCUT2D eigenvalue weighted by Crippen LogP contribution is -2.31. The van der Waals surface area contributed by atoms with Crippen LogP contribution in [0.2, 0.25) is 0 Å². The molecule has 36 heavy (non-hydrogen) atoms. The van der Waals surface area contributed by atoms with Crippen molar-refractivity contribution in [2.75, 3.05) is 13.2 Å². The van der Waals surface area contributed by atoms with Gasteiger partial charge in [-0.15, -0.1) is 0 Å². The number of halogens is 3. The summed E-state index contributed by atoms with van der Waals surface area (Å²) in [7, 11) is 0. The molecule has 2 heterocycles. The van der Waals surface area contributed by atoms with Crippen LogP contribution in [0.1, 0.15) is 54.8 Å². The van der Waals surface area contributed by atoms with Crippen LogP contribution < -0.4 is 0 Å². The second kappa shape index (κ2) is 9.95. The van der Waals surface area contributed by atoms with Gasteiger partial charge in [-0.3, -0.25) is 14.6 Å². The Bertz CT molecular complexity index is 1310. The summed E-state index contributed by atoms with van der Waals surface area (Å²) in [5, 5.41) is 0. The standard InChI is InChI=1S/C27H30F3N3O3/c1-5-32(26(35)18-7-8-18)15-19-13-20(27(28,29)30)9-10-21(19)24-16(3)22(14-23(34)36-6-2)33-12-11-31-17(4)25(24)33/h9-13,18H,5-8,14-15H2,1-4H3. The van der Waals surface area contributed by atoms with Gasteiger partial charge in [0.15, 0.2) is 0 Å². The van der Waals surface area contributed by atoms with E-state index in [2.05, 4.69) is 4.98 Å². The lowest BCUT2D eigenvalue weighted by atomic mass is 9.93. The topological polar surface area (TPSA) is 63.9 Å². The van der Waals surface area contributed by atoms with E-state index >= 15 is 0 Å². The maximum absolute atomic E-state index is 13.7. The molecule has 1 aliphatic rings. The molecule has 4 rings (SSSR count). The van der Waals surface area contributed by atoms with E-state index in [1.165, 1.54) is 6.07 Å². The van der Waals surface area contributed by atoms with Crippen LogP contribution in [-0.4, -0.2) is 39.3 Å². The van der Waals surface area contributed by atoms with E-state index in [9.17, 15) is 22.8 Å². The van der Waals surface area contributed by atoms with Crippen LogP contribution in [0, 0.1) is 19.8 Å². The van der Waals surface area contributed by atoms with Crippen molar-refractivity contribution in [3.05, 3.63) is 58.7 Å². The van der Waals surface area contributed by atoms with Gasteiger partial charge in [0.05, 0.1) is 29.8 Å². The number of hydrogen-bond donors (Lipinski definition) is 0. The highest BCUT2D eigenvalue weighted by molar-refractivity contribution is 5.90. The zero-order valence-electron chi connectivity index (χ0n) is 20.9. The molecule has 6 nitrogen and oxygen atoms in total. The average Bonchev–Trinajstić information content (AvgIpc) is 3.63. The molecule has 1 aromatic carbocycles. The Balaban J connectivity index is 1.92. The molecule has 0 spiro atoms. The van der Waals surface area contributed by atoms with E-state index < -0.39 is 11.7 Å². The summed E-state index contributed by atoms with van der Waals surface area (Å²) in [5.41, 5.74) is 3.78. The Kier molecular flexibility index (Phi) is 7.11. The monoisotopic (exact) mass is 501 g/mol. The van der Waals surface area contributed by atoms with Crippen LogP contribution >= 0.6 is 0 Å². The number of carbonyl (C=O) groups is 2. The van der Waals surface area contributed by atoms with Crippen LogP contribution in [-0.2, 0) is 33.5 Å².